The Labute approximate surface area is 122 Å². The average molecular weight is 326 g/mol. The summed E-state index contributed by atoms with van der Waals surface area (Å²) >= 11 is 3.58. The number of halogens is 1. The van der Waals surface area contributed by atoms with Crippen molar-refractivity contribution < 1.29 is 4.74 Å². The van der Waals surface area contributed by atoms with Crippen LogP contribution in [0.15, 0.2) is 22.8 Å². The van der Waals surface area contributed by atoms with Crippen molar-refractivity contribution in [2.24, 2.45) is 5.92 Å². The maximum Gasteiger partial charge on any atom is 0.142 e. The van der Waals surface area contributed by atoms with Gasteiger partial charge in [0, 0.05) is 45.5 Å². The second kappa shape index (κ2) is 6.20. The number of nitrogens with zero attached hydrogens (tertiary/aromatic N) is 3. The zero-order valence-electron chi connectivity index (χ0n) is 11.1. The fourth-order valence-electron chi connectivity index (χ4n) is 2.84. The molecule has 0 spiro atoms. The van der Waals surface area contributed by atoms with Crippen molar-refractivity contribution in [3.8, 4) is 0 Å². The number of piperazine rings is 1. The molecule has 1 atom stereocenters. The lowest BCUT2D eigenvalue weighted by Gasteiger charge is -2.36. The largest absolute Gasteiger partial charge is 0.381 e. The molecular formula is C14H20BrN3O. The summed E-state index contributed by atoms with van der Waals surface area (Å²) in [5.74, 6) is 1.82. The molecule has 19 heavy (non-hydrogen) atoms. The van der Waals surface area contributed by atoms with Crippen molar-refractivity contribution in [3.63, 3.8) is 0 Å². The standard InChI is InChI=1S/C14H20BrN3O/c15-13-2-1-4-16-14(13)18-7-5-17(6-8-18)10-12-3-9-19-11-12/h1-2,4,12H,3,5-11H2/t12-/m1/s1. The van der Waals surface area contributed by atoms with Crippen molar-refractivity contribution >= 4 is 21.7 Å². The van der Waals surface area contributed by atoms with Crippen LogP contribution in [-0.4, -0.2) is 55.8 Å². The van der Waals surface area contributed by atoms with Crippen LogP contribution < -0.4 is 4.90 Å². The zero-order chi connectivity index (χ0) is 13.1. The van der Waals surface area contributed by atoms with Gasteiger partial charge < -0.3 is 9.64 Å². The molecule has 5 heteroatoms. The highest BCUT2D eigenvalue weighted by Crippen LogP contribution is 2.24. The van der Waals surface area contributed by atoms with E-state index in [1.54, 1.807) is 0 Å². The van der Waals surface area contributed by atoms with Gasteiger partial charge in [0.25, 0.3) is 0 Å². The van der Waals surface area contributed by atoms with E-state index in [2.05, 4.69) is 36.8 Å². The van der Waals surface area contributed by atoms with Crippen molar-refractivity contribution in [2.75, 3.05) is 50.8 Å². The minimum absolute atomic E-state index is 0.744. The Morgan fingerprint density at radius 2 is 2.16 bits per heavy atom. The first-order valence-corrected chi connectivity index (χ1v) is 7.78. The first-order valence-electron chi connectivity index (χ1n) is 6.98. The maximum absolute atomic E-state index is 5.45. The topological polar surface area (TPSA) is 28.6 Å². The van der Waals surface area contributed by atoms with Crippen LogP contribution in [0.25, 0.3) is 0 Å². The van der Waals surface area contributed by atoms with Crippen molar-refractivity contribution in [1.82, 2.24) is 9.88 Å². The number of aromatic nitrogens is 1. The van der Waals surface area contributed by atoms with Crippen LogP contribution in [0, 0.1) is 5.92 Å². The molecule has 104 valence electrons. The van der Waals surface area contributed by atoms with Crippen LogP contribution in [0.3, 0.4) is 0 Å². The van der Waals surface area contributed by atoms with Crippen molar-refractivity contribution in [1.29, 1.82) is 0 Å². The van der Waals surface area contributed by atoms with Gasteiger partial charge in [0.1, 0.15) is 5.82 Å². The minimum Gasteiger partial charge on any atom is -0.381 e. The van der Waals surface area contributed by atoms with E-state index in [1.807, 2.05) is 12.3 Å². The molecule has 1 aromatic heterocycles. The lowest BCUT2D eigenvalue weighted by Crippen LogP contribution is -2.48. The molecule has 4 nitrogen and oxygen atoms in total. The molecule has 2 fully saturated rings. The second-order valence-electron chi connectivity index (χ2n) is 5.33. The number of rotatable bonds is 3. The third kappa shape index (κ3) is 3.27. The van der Waals surface area contributed by atoms with Gasteiger partial charge in [-0.15, -0.1) is 0 Å². The van der Waals surface area contributed by atoms with Crippen molar-refractivity contribution in [2.45, 2.75) is 6.42 Å². The van der Waals surface area contributed by atoms with Crippen LogP contribution in [-0.2, 0) is 4.74 Å². The Bertz CT molecular complexity index is 415. The summed E-state index contributed by atoms with van der Waals surface area (Å²) < 4.78 is 6.54. The lowest BCUT2D eigenvalue weighted by atomic mass is 10.1. The summed E-state index contributed by atoms with van der Waals surface area (Å²) in [6, 6.07) is 4.02. The van der Waals surface area contributed by atoms with Gasteiger partial charge in [-0.05, 0) is 40.4 Å². The molecule has 0 saturated carbocycles. The molecule has 2 aliphatic rings. The molecule has 2 saturated heterocycles. The van der Waals surface area contributed by atoms with E-state index in [9.17, 15) is 0 Å². The molecule has 3 rings (SSSR count). The molecule has 0 radical (unpaired) electrons. The molecule has 1 aromatic rings. The number of hydrogen-bond donors (Lipinski definition) is 0. The van der Waals surface area contributed by atoms with Gasteiger partial charge in [-0.1, -0.05) is 0 Å². The number of hydrogen-bond acceptors (Lipinski definition) is 4. The third-order valence-electron chi connectivity index (χ3n) is 3.95. The summed E-state index contributed by atoms with van der Waals surface area (Å²) in [7, 11) is 0. The van der Waals surface area contributed by atoms with Gasteiger partial charge in [0.05, 0.1) is 11.1 Å². The van der Waals surface area contributed by atoms with Gasteiger partial charge in [-0.25, -0.2) is 4.98 Å². The van der Waals surface area contributed by atoms with E-state index in [4.69, 9.17) is 4.74 Å². The van der Waals surface area contributed by atoms with E-state index >= 15 is 0 Å². The highest BCUT2D eigenvalue weighted by atomic mass is 79.9. The predicted octanol–water partition coefficient (Wildman–Crippen LogP) is 2.00. The monoisotopic (exact) mass is 325 g/mol. The maximum atomic E-state index is 5.45. The van der Waals surface area contributed by atoms with Crippen LogP contribution in [0.5, 0.6) is 0 Å². The Kier molecular flexibility index (Phi) is 4.35. The summed E-state index contributed by atoms with van der Waals surface area (Å²) in [4.78, 5) is 9.40. The number of anilines is 1. The second-order valence-corrected chi connectivity index (χ2v) is 6.18. The lowest BCUT2D eigenvalue weighted by molar-refractivity contribution is 0.164. The van der Waals surface area contributed by atoms with E-state index in [-0.39, 0.29) is 0 Å². The average Bonchev–Trinajstić information content (AvgIpc) is 2.93. The summed E-state index contributed by atoms with van der Waals surface area (Å²) in [5, 5.41) is 0. The van der Waals surface area contributed by atoms with E-state index in [0.717, 1.165) is 55.6 Å². The van der Waals surface area contributed by atoms with Crippen LogP contribution in [0.2, 0.25) is 0 Å². The SMILES string of the molecule is Brc1cccnc1N1CCN(C[C@H]2CCOC2)CC1. The predicted molar refractivity (Wildman–Crippen MR) is 79.5 cm³/mol. The van der Waals surface area contributed by atoms with Gasteiger partial charge in [-0.3, -0.25) is 4.90 Å². The van der Waals surface area contributed by atoms with E-state index in [1.165, 1.54) is 13.0 Å². The summed E-state index contributed by atoms with van der Waals surface area (Å²) in [5.41, 5.74) is 0. The number of ether oxygens (including phenoxy) is 1. The van der Waals surface area contributed by atoms with Gasteiger partial charge in [0.15, 0.2) is 0 Å². The molecule has 0 aromatic carbocycles. The molecule has 2 aliphatic heterocycles. The first-order chi connectivity index (χ1) is 9.33. The zero-order valence-corrected chi connectivity index (χ0v) is 12.7. The van der Waals surface area contributed by atoms with E-state index < -0.39 is 0 Å². The van der Waals surface area contributed by atoms with E-state index in [0.29, 0.717) is 0 Å². The minimum atomic E-state index is 0.744. The van der Waals surface area contributed by atoms with Crippen LogP contribution in [0.1, 0.15) is 6.42 Å². The Morgan fingerprint density at radius 1 is 1.32 bits per heavy atom. The smallest absolute Gasteiger partial charge is 0.142 e. The fraction of sp³-hybridized carbons (Fsp3) is 0.643. The number of pyridine rings is 1. The molecule has 0 aliphatic carbocycles. The highest BCUT2D eigenvalue weighted by Gasteiger charge is 2.23. The molecule has 0 bridgehead atoms. The van der Waals surface area contributed by atoms with Gasteiger partial charge >= 0.3 is 0 Å². The Hall–Kier alpha value is -0.650. The Morgan fingerprint density at radius 3 is 2.84 bits per heavy atom. The first kappa shape index (κ1) is 13.3. The molecule has 3 heterocycles. The van der Waals surface area contributed by atoms with Gasteiger partial charge in [0.2, 0.25) is 0 Å². The Balaban J connectivity index is 1.53. The third-order valence-corrected chi connectivity index (χ3v) is 4.57. The normalized spacial score (nSPS) is 24.9. The fourth-order valence-corrected chi connectivity index (χ4v) is 3.35. The molecule has 0 unspecified atom stereocenters. The van der Waals surface area contributed by atoms with Crippen LogP contribution >= 0.6 is 15.9 Å². The quantitative estimate of drug-likeness (QED) is 0.850. The summed E-state index contributed by atoms with van der Waals surface area (Å²) in [6.07, 6.45) is 3.09. The van der Waals surface area contributed by atoms with Crippen molar-refractivity contribution in [3.05, 3.63) is 22.8 Å². The van der Waals surface area contributed by atoms with Gasteiger partial charge in [-0.2, -0.15) is 0 Å². The molecule has 0 amide bonds. The molecule has 0 N–H and O–H groups in total. The highest BCUT2D eigenvalue weighted by molar-refractivity contribution is 9.10. The molecular weight excluding hydrogens is 306 g/mol. The van der Waals surface area contributed by atoms with Crippen LogP contribution in [0.4, 0.5) is 5.82 Å². The summed E-state index contributed by atoms with van der Waals surface area (Å²) in [6.45, 7) is 7.46.